The van der Waals surface area contributed by atoms with Crippen LogP contribution in [-0.4, -0.2) is 40.0 Å². The van der Waals surface area contributed by atoms with Gasteiger partial charge in [-0.2, -0.15) is 5.10 Å². The van der Waals surface area contributed by atoms with Gasteiger partial charge >= 0.3 is 5.97 Å². The van der Waals surface area contributed by atoms with E-state index >= 15 is 0 Å². The lowest BCUT2D eigenvalue weighted by Crippen LogP contribution is -2.19. The number of amides is 1. The maximum atomic E-state index is 11.9. The number of benzene rings is 1. The number of carbonyl (C=O) groups is 2. The molecule has 0 unspecified atom stereocenters. The molecular formula is C16H19N3O4. The van der Waals surface area contributed by atoms with Crippen LogP contribution in [0.5, 0.6) is 0 Å². The highest BCUT2D eigenvalue weighted by Crippen LogP contribution is 2.19. The van der Waals surface area contributed by atoms with Crippen LogP contribution in [0.3, 0.4) is 0 Å². The van der Waals surface area contributed by atoms with Crippen LogP contribution in [0.25, 0.3) is 5.69 Å². The van der Waals surface area contributed by atoms with Crippen molar-refractivity contribution in [3.8, 4) is 5.69 Å². The number of anilines is 1. The van der Waals surface area contributed by atoms with Gasteiger partial charge in [-0.15, -0.1) is 0 Å². The van der Waals surface area contributed by atoms with E-state index in [2.05, 4.69) is 17.3 Å². The van der Waals surface area contributed by atoms with Crippen molar-refractivity contribution < 1.29 is 19.4 Å². The van der Waals surface area contributed by atoms with Crippen molar-refractivity contribution >= 4 is 17.6 Å². The van der Waals surface area contributed by atoms with Gasteiger partial charge in [-0.25, -0.2) is 9.48 Å². The molecule has 0 spiro atoms. The van der Waals surface area contributed by atoms with Crippen molar-refractivity contribution in [1.82, 2.24) is 9.78 Å². The van der Waals surface area contributed by atoms with Crippen LogP contribution < -0.4 is 5.32 Å². The Labute approximate surface area is 133 Å². The van der Waals surface area contributed by atoms with E-state index in [-0.39, 0.29) is 18.2 Å². The number of carboxylic acids is 1. The van der Waals surface area contributed by atoms with Gasteiger partial charge in [-0.05, 0) is 24.6 Å². The second-order valence-electron chi connectivity index (χ2n) is 4.92. The number of hydrogen-bond donors (Lipinski definition) is 2. The minimum Gasteiger partial charge on any atom is -0.476 e. The molecular weight excluding hydrogens is 298 g/mol. The normalized spacial score (nSPS) is 10.5. The van der Waals surface area contributed by atoms with E-state index in [1.54, 1.807) is 24.3 Å². The van der Waals surface area contributed by atoms with E-state index in [1.807, 2.05) is 0 Å². The summed E-state index contributed by atoms with van der Waals surface area (Å²) in [6, 6.07) is 8.42. The van der Waals surface area contributed by atoms with Crippen molar-refractivity contribution in [2.24, 2.45) is 0 Å². The number of unbranched alkanes of at least 4 members (excludes halogenated alkanes) is 1. The third kappa shape index (κ3) is 4.65. The van der Waals surface area contributed by atoms with Gasteiger partial charge < -0.3 is 15.2 Å². The minimum atomic E-state index is -1.10. The van der Waals surface area contributed by atoms with Crippen LogP contribution in [0.4, 0.5) is 5.69 Å². The largest absolute Gasteiger partial charge is 0.476 e. The van der Waals surface area contributed by atoms with Crippen LogP contribution >= 0.6 is 0 Å². The van der Waals surface area contributed by atoms with E-state index in [0.717, 1.165) is 12.8 Å². The zero-order valence-electron chi connectivity index (χ0n) is 12.9. The molecule has 0 radical (unpaired) electrons. The van der Waals surface area contributed by atoms with E-state index in [9.17, 15) is 9.59 Å². The zero-order chi connectivity index (χ0) is 16.7. The summed E-state index contributed by atoms with van der Waals surface area (Å²) in [4.78, 5) is 22.8. The van der Waals surface area contributed by atoms with Gasteiger partial charge in [0.25, 0.3) is 0 Å². The van der Waals surface area contributed by atoms with Crippen molar-refractivity contribution in [3.63, 3.8) is 0 Å². The molecule has 0 atom stereocenters. The Kier molecular flexibility index (Phi) is 5.87. The summed E-state index contributed by atoms with van der Waals surface area (Å²) in [5.74, 6) is -1.37. The number of nitrogens with one attached hydrogen (secondary N) is 1. The molecule has 1 aromatic carbocycles. The van der Waals surface area contributed by atoms with Gasteiger partial charge in [-0.3, -0.25) is 4.79 Å². The van der Waals surface area contributed by atoms with E-state index < -0.39 is 5.97 Å². The fourth-order valence-corrected chi connectivity index (χ4v) is 1.95. The summed E-state index contributed by atoms with van der Waals surface area (Å²) in [7, 11) is 0. The number of aromatic carboxylic acids is 1. The molecule has 0 aliphatic heterocycles. The lowest BCUT2D eigenvalue weighted by Gasteiger charge is -2.11. The lowest BCUT2D eigenvalue weighted by atomic mass is 10.2. The molecule has 0 aliphatic carbocycles. The molecule has 122 valence electrons. The molecule has 23 heavy (non-hydrogen) atoms. The first-order valence-electron chi connectivity index (χ1n) is 7.37. The van der Waals surface area contributed by atoms with Gasteiger partial charge in [-0.1, -0.05) is 25.5 Å². The van der Waals surface area contributed by atoms with Gasteiger partial charge in [0.2, 0.25) is 5.91 Å². The third-order valence-corrected chi connectivity index (χ3v) is 3.11. The van der Waals surface area contributed by atoms with Crippen molar-refractivity contribution in [3.05, 3.63) is 42.2 Å². The van der Waals surface area contributed by atoms with Gasteiger partial charge in [0.05, 0.1) is 11.4 Å². The first-order valence-corrected chi connectivity index (χ1v) is 7.37. The molecule has 1 heterocycles. The van der Waals surface area contributed by atoms with Crippen LogP contribution in [0.1, 0.15) is 30.3 Å². The number of aromatic nitrogens is 2. The predicted octanol–water partition coefficient (Wildman–Crippen LogP) is 2.33. The third-order valence-electron chi connectivity index (χ3n) is 3.11. The van der Waals surface area contributed by atoms with Crippen LogP contribution in [0.2, 0.25) is 0 Å². The van der Waals surface area contributed by atoms with Gasteiger partial charge in [0, 0.05) is 12.8 Å². The molecule has 2 rings (SSSR count). The van der Waals surface area contributed by atoms with Crippen molar-refractivity contribution in [2.75, 3.05) is 18.5 Å². The predicted molar refractivity (Wildman–Crippen MR) is 84.9 cm³/mol. The number of rotatable bonds is 8. The Morgan fingerprint density at radius 2 is 2.09 bits per heavy atom. The summed E-state index contributed by atoms with van der Waals surface area (Å²) in [6.45, 7) is 2.58. The van der Waals surface area contributed by atoms with E-state index in [1.165, 1.54) is 16.9 Å². The highest BCUT2D eigenvalue weighted by Gasteiger charge is 2.12. The van der Waals surface area contributed by atoms with Crippen LogP contribution in [0, 0.1) is 0 Å². The number of hydrogen-bond acceptors (Lipinski definition) is 4. The Hall–Kier alpha value is -2.67. The Morgan fingerprint density at radius 1 is 1.30 bits per heavy atom. The number of ether oxygens (including phenoxy) is 1. The fraction of sp³-hybridized carbons (Fsp3) is 0.312. The van der Waals surface area contributed by atoms with E-state index in [0.29, 0.717) is 18.0 Å². The van der Waals surface area contributed by atoms with Crippen LogP contribution in [0.15, 0.2) is 36.5 Å². The fourth-order valence-electron chi connectivity index (χ4n) is 1.95. The molecule has 0 saturated carbocycles. The molecule has 0 saturated heterocycles. The molecule has 0 fully saturated rings. The monoisotopic (exact) mass is 317 g/mol. The number of para-hydroxylation sites is 2. The quantitative estimate of drug-likeness (QED) is 0.729. The molecule has 2 N–H and O–H groups in total. The van der Waals surface area contributed by atoms with Crippen molar-refractivity contribution in [2.45, 2.75) is 19.8 Å². The second kappa shape index (κ2) is 8.09. The molecule has 1 aromatic heterocycles. The highest BCUT2D eigenvalue weighted by atomic mass is 16.5. The molecule has 0 bridgehead atoms. The first-order chi connectivity index (χ1) is 11.1. The number of carboxylic acid groups (broad SMARTS) is 1. The second-order valence-corrected chi connectivity index (χ2v) is 4.92. The number of nitrogens with zero attached hydrogens (tertiary/aromatic N) is 2. The zero-order valence-corrected chi connectivity index (χ0v) is 12.9. The summed E-state index contributed by atoms with van der Waals surface area (Å²) in [5, 5.41) is 15.7. The molecule has 2 aromatic rings. The minimum absolute atomic E-state index is 0.0200. The molecule has 0 aliphatic rings. The highest BCUT2D eigenvalue weighted by molar-refractivity contribution is 5.93. The molecule has 7 nitrogen and oxygen atoms in total. The number of carbonyl (C=O) groups excluding carboxylic acids is 1. The Bertz CT molecular complexity index is 681. The lowest BCUT2D eigenvalue weighted by molar-refractivity contribution is -0.120. The van der Waals surface area contributed by atoms with E-state index in [4.69, 9.17) is 9.84 Å². The maximum Gasteiger partial charge on any atom is 0.356 e. The Balaban J connectivity index is 2.08. The molecule has 7 heteroatoms. The molecule has 1 amide bonds. The first kappa shape index (κ1) is 16.7. The standard InChI is InChI=1S/C16H19N3O4/c1-2-3-10-23-11-15(20)17-12-6-4-5-7-14(12)19-9-8-13(18-19)16(21)22/h4-9H,2-3,10-11H2,1H3,(H,17,20)(H,21,22). The van der Waals surface area contributed by atoms with Crippen LogP contribution in [-0.2, 0) is 9.53 Å². The average molecular weight is 317 g/mol. The average Bonchev–Trinajstić information content (AvgIpc) is 3.02. The van der Waals surface area contributed by atoms with Gasteiger partial charge in [0.1, 0.15) is 6.61 Å². The smallest absolute Gasteiger partial charge is 0.356 e. The van der Waals surface area contributed by atoms with Crippen molar-refractivity contribution in [1.29, 1.82) is 0 Å². The Morgan fingerprint density at radius 3 is 2.78 bits per heavy atom. The van der Waals surface area contributed by atoms with Gasteiger partial charge in [0.15, 0.2) is 5.69 Å². The summed E-state index contributed by atoms with van der Waals surface area (Å²) >= 11 is 0. The summed E-state index contributed by atoms with van der Waals surface area (Å²) in [5.41, 5.74) is 1.06. The summed E-state index contributed by atoms with van der Waals surface area (Å²) in [6.07, 6.45) is 3.46. The maximum absolute atomic E-state index is 11.9. The SMILES string of the molecule is CCCCOCC(=O)Nc1ccccc1-n1ccc(C(=O)O)n1. The topological polar surface area (TPSA) is 93.5 Å². The summed E-state index contributed by atoms with van der Waals surface area (Å²) < 4.78 is 6.69.